The Kier molecular flexibility index (Phi) is 6.40. The lowest BCUT2D eigenvalue weighted by molar-refractivity contribution is 0.0996. The van der Waals surface area contributed by atoms with Gasteiger partial charge in [0.15, 0.2) is 5.69 Å². The molecule has 31 heavy (non-hydrogen) atoms. The zero-order chi connectivity index (χ0) is 22.6. The monoisotopic (exact) mass is 440 g/mol. The van der Waals surface area contributed by atoms with Crippen molar-refractivity contribution < 1.29 is 14.0 Å². The van der Waals surface area contributed by atoms with Crippen molar-refractivity contribution >= 4 is 42.3 Å². The van der Waals surface area contributed by atoms with Crippen LogP contribution in [0, 0.1) is 5.82 Å². The molecule has 2 aromatic carbocycles. The summed E-state index contributed by atoms with van der Waals surface area (Å²) in [4.78, 5) is 23.8. The molecule has 0 saturated heterocycles. The summed E-state index contributed by atoms with van der Waals surface area (Å²) in [6, 6.07) is 11.4. The Morgan fingerprint density at radius 2 is 1.81 bits per heavy atom. The number of aromatic amines is 1. The normalized spacial score (nSPS) is 11.1. The average molecular weight is 441 g/mol. The molecule has 0 aliphatic carbocycles. The summed E-state index contributed by atoms with van der Waals surface area (Å²) in [5.74, 6) is -0.878. The van der Waals surface area contributed by atoms with Gasteiger partial charge in [-0.3, -0.25) is 9.89 Å². The Labute approximate surface area is 180 Å². The number of H-pyrrole nitrogens is 1. The van der Waals surface area contributed by atoms with Crippen LogP contribution >= 0.6 is 0 Å². The van der Waals surface area contributed by atoms with Gasteiger partial charge in [0.2, 0.25) is 0 Å². The Balaban J connectivity index is 1.64. The van der Waals surface area contributed by atoms with Crippen molar-refractivity contribution in [3.05, 3.63) is 65.7 Å². The molecule has 162 valence electrons. The highest BCUT2D eigenvalue weighted by Crippen LogP contribution is 2.17. The number of aromatic nitrogens is 2. The molecule has 0 aliphatic rings. The van der Waals surface area contributed by atoms with E-state index in [1.165, 1.54) is 6.07 Å². The van der Waals surface area contributed by atoms with E-state index in [0.717, 1.165) is 5.56 Å². The first-order chi connectivity index (χ1) is 14.6. The van der Waals surface area contributed by atoms with Crippen molar-refractivity contribution in [1.29, 1.82) is 0 Å². The second-order valence-corrected chi connectivity index (χ2v) is 13.1. The van der Waals surface area contributed by atoms with Crippen LogP contribution in [0.15, 0.2) is 48.7 Å². The fourth-order valence-electron chi connectivity index (χ4n) is 3.04. The molecule has 1 heterocycles. The number of primary amides is 1. The number of amides is 3. The molecular formula is C21H25FN6O2Si. The largest absolute Gasteiger partial charge is 0.378 e. The number of benzene rings is 2. The fraction of sp³-hybridized carbons (Fsp3) is 0.190. The first kappa shape index (κ1) is 22.0. The van der Waals surface area contributed by atoms with Gasteiger partial charge in [-0.05, 0) is 41.1 Å². The number of urea groups is 1. The maximum absolute atomic E-state index is 14.1. The van der Waals surface area contributed by atoms with Crippen LogP contribution in [0.25, 0.3) is 0 Å². The molecule has 1 aromatic heterocycles. The van der Waals surface area contributed by atoms with Gasteiger partial charge >= 0.3 is 6.03 Å². The van der Waals surface area contributed by atoms with Crippen LogP contribution in [0.4, 0.5) is 26.2 Å². The predicted molar refractivity (Wildman–Crippen MR) is 123 cm³/mol. The summed E-state index contributed by atoms with van der Waals surface area (Å²) in [6.07, 6.45) is 1.55. The van der Waals surface area contributed by atoms with Crippen molar-refractivity contribution in [1.82, 2.24) is 10.2 Å². The Bertz CT molecular complexity index is 1110. The van der Waals surface area contributed by atoms with E-state index in [0.29, 0.717) is 28.8 Å². The summed E-state index contributed by atoms with van der Waals surface area (Å²) >= 11 is 0. The van der Waals surface area contributed by atoms with Crippen LogP contribution in [0.5, 0.6) is 0 Å². The third-order valence-electron chi connectivity index (χ3n) is 4.57. The standard InChI is InChI=1S/C21H25FN6O2Si/c1-31(2,3)18-10-15(7-8-16(18)22)27-21(30)26-14-6-4-5-13(9-14)11-24-17-12-25-28-19(17)20(23)29/h4-10,12,24H,11H2,1-3H3,(H2,23,29)(H,25,28)(H2,26,27,30). The Morgan fingerprint density at radius 3 is 2.48 bits per heavy atom. The molecule has 0 bridgehead atoms. The highest BCUT2D eigenvalue weighted by atomic mass is 28.3. The zero-order valence-electron chi connectivity index (χ0n) is 17.5. The van der Waals surface area contributed by atoms with E-state index in [1.54, 1.807) is 36.5 Å². The molecule has 3 amide bonds. The maximum atomic E-state index is 14.1. The highest BCUT2D eigenvalue weighted by Gasteiger charge is 2.21. The summed E-state index contributed by atoms with van der Waals surface area (Å²) in [5, 5.41) is 15.7. The lowest BCUT2D eigenvalue weighted by Gasteiger charge is -2.19. The third kappa shape index (κ3) is 5.69. The van der Waals surface area contributed by atoms with Crippen LogP contribution in [-0.4, -0.2) is 30.2 Å². The number of carbonyl (C=O) groups is 2. The molecule has 6 N–H and O–H groups in total. The summed E-state index contributed by atoms with van der Waals surface area (Å²) < 4.78 is 14.1. The maximum Gasteiger partial charge on any atom is 0.323 e. The van der Waals surface area contributed by atoms with Gasteiger partial charge in [0, 0.05) is 24.1 Å². The molecule has 10 heteroatoms. The Hall–Kier alpha value is -3.66. The van der Waals surface area contributed by atoms with E-state index in [2.05, 4.69) is 26.1 Å². The second-order valence-electron chi connectivity index (χ2n) is 8.09. The summed E-state index contributed by atoms with van der Waals surface area (Å²) in [6.45, 7) is 6.54. The van der Waals surface area contributed by atoms with Gasteiger partial charge in [0.05, 0.1) is 13.8 Å². The Morgan fingerprint density at radius 1 is 1.10 bits per heavy atom. The van der Waals surface area contributed by atoms with Crippen LogP contribution in [-0.2, 0) is 6.54 Å². The molecule has 3 rings (SSSR count). The molecule has 8 nitrogen and oxygen atoms in total. The van der Waals surface area contributed by atoms with Crippen LogP contribution in [0.3, 0.4) is 0 Å². The van der Waals surface area contributed by atoms with E-state index in [9.17, 15) is 14.0 Å². The van der Waals surface area contributed by atoms with Crippen molar-refractivity contribution in [2.75, 3.05) is 16.0 Å². The third-order valence-corrected chi connectivity index (χ3v) is 6.57. The number of anilines is 3. The molecule has 0 atom stereocenters. The van der Waals surface area contributed by atoms with Crippen LogP contribution in [0.1, 0.15) is 16.1 Å². The predicted octanol–water partition coefficient (Wildman–Crippen LogP) is 3.45. The van der Waals surface area contributed by atoms with Crippen molar-refractivity contribution in [3.8, 4) is 0 Å². The number of halogens is 1. The van der Waals surface area contributed by atoms with Gasteiger partial charge in [0.25, 0.3) is 5.91 Å². The smallest absolute Gasteiger partial charge is 0.323 e. The van der Waals surface area contributed by atoms with Gasteiger partial charge in [-0.25, -0.2) is 9.18 Å². The SMILES string of the molecule is C[Si](C)(C)c1cc(NC(=O)Nc2cccc(CNc3c[nH]nc3C(N)=O)c2)ccc1F. The lowest BCUT2D eigenvalue weighted by Crippen LogP contribution is -2.40. The van der Waals surface area contributed by atoms with Gasteiger partial charge in [0.1, 0.15) is 5.82 Å². The van der Waals surface area contributed by atoms with Gasteiger partial charge in [-0.15, -0.1) is 0 Å². The molecule has 0 unspecified atom stereocenters. The minimum atomic E-state index is -1.87. The highest BCUT2D eigenvalue weighted by molar-refractivity contribution is 6.88. The van der Waals surface area contributed by atoms with E-state index < -0.39 is 20.0 Å². The van der Waals surface area contributed by atoms with E-state index in [1.807, 2.05) is 25.7 Å². The second kappa shape index (κ2) is 9.00. The first-order valence-electron chi connectivity index (χ1n) is 9.68. The minimum Gasteiger partial charge on any atom is -0.378 e. The number of nitrogens with zero attached hydrogens (tertiary/aromatic N) is 1. The van der Waals surface area contributed by atoms with E-state index in [4.69, 9.17) is 5.73 Å². The van der Waals surface area contributed by atoms with Gasteiger partial charge in [-0.2, -0.15) is 5.10 Å². The number of hydrogen-bond acceptors (Lipinski definition) is 4. The van der Waals surface area contributed by atoms with E-state index >= 15 is 0 Å². The molecule has 0 saturated carbocycles. The topological polar surface area (TPSA) is 125 Å². The average Bonchev–Trinajstić information content (AvgIpc) is 3.16. The summed E-state index contributed by atoms with van der Waals surface area (Å²) in [5.41, 5.74) is 7.90. The number of carbonyl (C=O) groups excluding carboxylic acids is 2. The molecule has 0 radical (unpaired) electrons. The minimum absolute atomic E-state index is 0.130. The zero-order valence-corrected chi connectivity index (χ0v) is 18.5. The van der Waals surface area contributed by atoms with Crippen molar-refractivity contribution in [2.45, 2.75) is 26.2 Å². The number of nitrogens with two attached hydrogens (primary N) is 1. The number of nitrogens with one attached hydrogen (secondary N) is 4. The van der Waals surface area contributed by atoms with Crippen LogP contribution in [0.2, 0.25) is 19.6 Å². The van der Waals surface area contributed by atoms with Gasteiger partial charge in [-0.1, -0.05) is 31.8 Å². The van der Waals surface area contributed by atoms with Crippen LogP contribution < -0.4 is 26.9 Å². The number of hydrogen-bond donors (Lipinski definition) is 5. The quantitative estimate of drug-likeness (QED) is 0.361. The van der Waals surface area contributed by atoms with E-state index in [-0.39, 0.29) is 11.5 Å². The molecule has 0 fully saturated rings. The fourth-order valence-corrected chi connectivity index (χ4v) is 4.43. The van der Waals surface area contributed by atoms with Crippen molar-refractivity contribution in [3.63, 3.8) is 0 Å². The van der Waals surface area contributed by atoms with Gasteiger partial charge < -0.3 is 21.7 Å². The molecular weight excluding hydrogens is 415 g/mol. The number of rotatable bonds is 7. The first-order valence-corrected chi connectivity index (χ1v) is 13.2. The molecule has 3 aromatic rings. The molecule has 0 aliphatic heterocycles. The lowest BCUT2D eigenvalue weighted by atomic mass is 10.2. The van der Waals surface area contributed by atoms with Crippen molar-refractivity contribution in [2.24, 2.45) is 5.73 Å². The molecule has 0 spiro atoms. The summed E-state index contributed by atoms with van der Waals surface area (Å²) in [7, 11) is -1.87.